The van der Waals surface area contributed by atoms with Crippen molar-refractivity contribution in [3.05, 3.63) is 33.4 Å². The topological polar surface area (TPSA) is 75.6 Å². The van der Waals surface area contributed by atoms with Crippen molar-refractivity contribution in [2.24, 2.45) is 0 Å². The van der Waals surface area contributed by atoms with E-state index in [-0.39, 0.29) is 25.7 Å². The minimum Gasteiger partial charge on any atom is -0.480 e. The molecule has 0 saturated heterocycles. The smallest absolute Gasteiger partial charge is 0.329 e. The van der Waals surface area contributed by atoms with Gasteiger partial charge in [0, 0.05) is 15.7 Å². The molecule has 0 heterocycles. The average molecular weight is 349 g/mol. The van der Waals surface area contributed by atoms with E-state index in [9.17, 15) is 9.59 Å². The Kier molecular flexibility index (Phi) is 5.92. The lowest BCUT2D eigenvalue weighted by Gasteiger charge is -2.05. The summed E-state index contributed by atoms with van der Waals surface area (Å²) in [6, 6.07) is 7.15. The van der Waals surface area contributed by atoms with Crippen LogP contribution in [-0.4, -0.2) is 36.7 Å². The van der Waals surface area contributed by atoms with Gasteiger partial charge >= 0.3 is 5.97 Å². The van der Waals surface area contributed by atoms with Crippen LogP contribution in [0.5, 0.6) is 0 Å². The Labute approximate surface area is 112 Å². The molecule has 0 aliphatic heterocycles. The summed E-state index contributed by atoms with van der Waals surface area (Å²) in [7, 11) is 0. The van der Waals surface area contributed by atoms with Crippen molar-refractivity contribution in [1.82, 2.24) is 5.32 Å². The molecule has 17 heavy (non-hydrogen) atoms. The molecule has 5 nitrogen and oxygen atoms in total. The summed E-state index contributed by atoms with van der Waals surface area (Å²) in [5.41, 5.74) is 0.573. The van der Waals surface area contributed by atoms with Crippen LogP contribution in [-0.2, 0) is 9.53 Å². The first-order chi connectivity index (χ1) is 8.09. The van der Waals surface area contributed by atoms with Crippen LogP contribution in [0.2, 0.25) is 0 Å². The van der Waals surface area contributed by atoms with E-state index in [2.05, 4.69) is 27.9 Å². The van der Waals surface area contributed by atoms with Gasteiger partial charge in [0.1, 0.15) is 6.61 Å². The number of benzene rings is 1. The Bertz CT molecular complexity index is 391. The highest BCUT2D eigenvalue weighted by molar-refractivity contribution is 14.1. The lowest BCUT2D eigenvalue weighted by Crippen LogP contribution is -2.27. The van der Waals surface area contributed by atoms with Crippen LogP contribution in [0.15, 0.2) is 24.3 Å². The molecule has 2 N–H and O–H groups in total. The van der Waals surface area contributed by atoms with Gasteiger partial charge in [-0.3, -0.25) is 4.79 Å². The molecule has 1 aromatic carbocycles. The predicted octanol–water partition coefficient (Wildman–Crippen LogP) is 1.12. The fourth-order valence-corrected chi connectivity index (χ4v) is 1.46. The van der Waals surface area contributed by atoms with Crippen LogP contribution in [0, 0.1) is 3.57 Å². The maximum Gasteiger partial charge on any atom is 0.329 e. The van der Waals surface area contributed by atoms with E-state index in [1.165, 1.54) is 0 Å². The van der Waals surface area contributed by atoms with Gasteiger partial charge in [-0.15, -0.1) is 0 Å². The van der Waals surface area contributed by atoms with E-state index in [1.807, 2.05) is 12.1 Å². The zero-order chi connectivity index (χ0) is 12.7. The summed E-state index contributed by atoms with van der Waals surface area (Å²) in [5, 5.41) is 10.9. The van der Waals surface area contributed by atoms with E-state index in [4.69, 9.17) is 9.84 Å². The van der Waals surface area contributed by atoms with Crippen molar-refractivity contribution in [2.45, 2.75) is 0 Å². The normalized spacial score (nSPS) is 9.94. The van der Waals surface area contributed by atoms with Crippen LogP contribution in [0.3, 0.4) is 0 Å². The summed E-state index contributed by atoms with van der Waals surface area (Å²) in [5.74, 6) is -1.21. The highest BCUT2D eigenvalue weighted by Gasteiger charge is 2.04. The predicted molar refractivity (Wildman–Crippen MR) is 69.9 cm³/mol. The number of halogens is 1. The largest absolute Gasteiger partial charge is 0.480 e. The molecule has 0 unspecified atom stereocenters. The van der Waals surface area contributed by atoms with Crippen molar-refractivity contribution >= 4 is 34.5 Å². The van der Waals surface area contributed by atoms with Crippen LogP contribution in [0.25, 0.3) is 0 Å². The van der Waals surface area contributed by atoms with E-state index < -0.39 is 5.97 Å². The number of carbonyl (C=O) groups excluding carboxylic acids is 1. The Morgan fingerprint density at radius 1 is 1.29 bits per heavy atom. The Morgan fingerprint density at radius 3 is 2.53 bits per heavy atom. The zero-order valence-electron chi connectivity index (χ0n) is 8.98. The molecule has 0 fully saturated rings. The number of carbonyl (C=O) groups is 2. The second-order valence-corrected chi connectivity index (χ2v) is 4.45. The van der Waals surface area contributed by atoms with Crippen molar-refractivity contribution in [3.63, 3.8) is 0 Å². The lowest BCUT2D eigenvalue weighted by molar-refractivity contribution is -0.142. The van der Waals surface area contributed by atoms with Crippen molar-refractivity contribution in [1.29, 1.82) is 0 Å². The van der Waals surface area contributed by atoms with Crippen molar-refractivity contribution in [2.75, 3.05) is 19.8 Å². The first-order valence-electron chi connectivity index (χ1n) is 4.93. The zero-order valence-corrected chi connectivity index (χ0v) is 11.1. The van der Waals surface area contributed by atoms with E-state index in [0.29, 0.717) is 5.56 Å². The fourth-order valence-electron chi connectivity index (χ4n) is 1.10. The highest BCUT2D eigenvalue weighted by Crippen LogP contribution is 2.06. The first-order valence-corrected chi connectivity index (χ1v) is 6.01. The Hall–Kier alpha value is -1.15. The van der Waals surface area contributed by atoms with Crippen molar-refractivity contribution in [3.8, 4) is 0 Å². The fraction of sp³-hybridized carbons (Fsp3) is 0.273. The molecule has 0 atom stereocenters. The molecule has 1 amide bonds. The average Bonchev–Trinajstić information content (AvgIpc) is 2.29. The number of ether oxygens (including phenoxy) is 1. The Balaban J connectivity index is 2.25. The third-order valence-electron chi connectivity index (χ3n) is 1.86. The van der Waals surface area contributed by atoms with Crippen LogP contribution in [0.4, 0.5) is 0 Å². The molecule has 0 bridgehead atoms. The SMILES string of the molecule is O=C(O)COCCNC(=O)c1ccc(I)cc1. The molecular weight excluding hydrogens is 337 g/mol. The molecule has 6 heteroatoms. The van der Waals surface area contributed by atoms with Gasteiger partial charge in [-0.1, -0.05) is 0 Å². The van der Waals surface area contributed by atoms with E-state index >= 15 is 0 Å². The highest BCUT2D eigenvalue weighted by atomic mass is 127. The summed E-state index contributed by atoms with van der Waals surface area (Å²) in [6.45, 7) is 0.125. The number of carboxylic acid groups (broad SMARTS) is 1. The maximum atomic E-state index is 11.6. The number of rotatable bonds is 6. The molecule has 1 rings (SSSR count). The number of aliphatic carboxylic acids is 1. The van der Waals surface area contributed by atoms with Crippen LogP contribution < -0.4 is 5.32 Å². The van der Waals surface area contributed by atoms with Crippen LogP contribution >= 0.6 is 22.6 Å². The molecular formula is C11H12INO4. The molecule has 0 aliphatic rings. The standard InChI is InChI=1S/C11H12INO4/c12-9-3-1-8(2-4-9)11(16)13-5-6-17-7-10(14)15/h1-4H,5-7H2,(H,13,16)(H,14,15). The number of nitrogens with one attached hydrogen (secondary N) is 1. The van der Waals surface area contributed by atoms with Crippen molar-refractivity contribution < 1.29 is 19.4 Å². The molecule has 1 aromatic rings. The third-order valence-corrected chi connectivity index (χ3v) is 2.58. The second-order valence-electron chi connectivity index (χ2n) is 3.21. The molecule has 92 valence electrons. The minimum absolute atomic E-state index is 0.183. The summed E-state index contributed by atoms with van der Waals surface area (Å²) >= 11 is 2.16. The number of amides is 1. The Morgan fingerprint density at radius 2 is 1.94 bits per heavy atom. The number of carboxylic acids is 1. The summed E-state index contributed by atoms with van der Waals surface area (Å²) < 4.78 is 5.84. The van der Waals surface area contributed by atoms with Gasteiger partial charge in [0.25, 0.3) is 5.91 Å². The first kappa shape index (κ1) is 13.9. The lowest BCUT2D eigenvalue weighted by atomic mass is 10.2. The molecule has 0 radical (unpaired) electrons. The quantitative estimate of drug-likeness (QED) is 0.596. The number of hydrogen-bond donors (Lipinski definition) is 2. The third kappa shape index (κ3) is 5.64. The number of hydrogen-bond acceptors (Lipinski definition) is 3. The molecule has 0 aliphatic carbocycles. The van der Waals surface area contributed by atoms with Gasteiger partial charge in [-0.05, 0) is 46.9 Å². The van der Waals surface area contributed by atoms with E-state index in [1.54, 1.807) is 12.1 Å². The maximum absolute atomic E-state index is 11.6. The minimum atomic E-state index is -1.02. The van der Waals surface area contributed by atoms with Gasteiger partial charge < -0.3 is 15.2 Å². The van der Waals surface area contributed by atoms with Gasteiger partial charge in [-0.2, -0.15) is 0 Å². The summed E-state index contributed by atoms with van der Waals surface area (Å²) in [4.78, 5) is 21.7. The second kappa shape index (κ2) is 7.23. The van der Waals surface area contributed by atoms with Gasteiger partial charge in [0.15, 0.2) is 0 Å². The van der Waals surface area contributed by atoms with Gasteiger partial charge in [0.2, 0.25) is 0 Å². The molecule has 0 saturated carbocycles. The summed E-state index contributed by atoms with van der Waals surface area (Å²) in [6.07, 6.45) is 0. The molecule has 0 spiro atoms. The van der Waals surface area contributed by atoms with Gasteiger partial charge in [0.05, 0.1) is 6.61 Å². The van der Waals surface area contributed by atoms with Crippen LogP contribution in [0.1, 0.15) is 10.4 Å². The monoisotopic (exact) mass is 349 g/mol. The van der Waals surface area contributed by atoms with Gasteiger partial charge in [-0.25, -0.2) is 4.79 Å². The van der Waals surface area contributed by atoms with E-state index in [0.717, 1.165) is 3.57 Å². The molecule has 0 aromatic heterocycles.